The van der Waals surface area contributed by atoms with Crippen molar-refractivity contribution in [3.05, 3.63) is 101 Å². The van der Waals surface area contributed by atoms with Crippen molar-refractivity contribution in [2.24, 2.45) is 4.99 Å². The number of hydrogen-bond donors (Lipinski definition) is 1. The SMILES string of the molecule is COc1cc(/C=C2/C(=N)N3C(c4ccccc4)=CSC3=NC2=O)ccc1OCCOc1ccccc1. The summed E-state index contributed by atoms with van der Waals surface area (Å²) in [6.07, 6.45) is 1.65. The maximum Gasteiger partial charge on any atom is 0.283 e. The van der Waals surface area contributed by atoms with Crippen LogP contribution in [0.25, 0.3) is 11.8 Å². The number of carbonyl (C=O) groups excluding carboxylic acids is 1. The molecule has 36 heavy (non-hydrogen) atoms. The van der Waals surface area contributed by atoms with Crippen LogP contribution in [0.1, 0.15) is 11.1 Å². The molecule has 0 radical (unpaired) electrons. The fourth-order valence-electron chi connectivity index (χ4n) is 3.80. The number of benzene rings is 3. The summed E-state index contributed by atoms with van der Waals surface area (Å²) in [5.41, 5.74) is 2.67. The van der Waals surface area contributed by atoms with Gasteiger partial charge in [-0.1, -0.05) is 66.4 Å². The molecule has 0 saturated heterocycles. The van der Waals surface area contributed by atoms with Crippen molar-refractivity contribution in [1.29, 1.82) is 5.41 Å². The van der Waals surface area contributed by atoms with Crippen LogP contribution < -0.4 is 14.2 Å². The number of rotatable bonds is 8. The zero-order valence-electron chi connectivity index (χ0n) is 19.5. The van der Waals surface area contributed by atoms with Crippen LogP contribution >= 0.6 is 11.8 Å². The minimum Gasteiger partial charge on any atom is -0.493 e. The number of thioether (sulfide) groups is 1. The second-order valence-corrected chi connectivity index (χ2v) is 8.69. The van der Waals surface area contributed by atoms with Gasteiger partial charge in [-0.2, -0.15) is 4.99 Å². The number of aliphatic imine (C=N–C) groups is 1. The number of amidine groups is 2. The summed E-state index contributed by atoms with van der Waals surface area (Å²) in [5.74, 6) is 1.50. The van der Waals surface area contributed by atoms with Gasteiger partial charge in [-0.25, -0.2) is 0 Å². The second kappa shape index (κ2) is 10.5. The van der Waals surface area contributed by atoms with Crippen molar-refractivity contribution in [2.75, 3.05) is 20.3 Å². The highest BCUT2D eigenvalue weighted by Gasteiger charge is 2.36. The Morgan fingerprint density at radius 3 is 2.42 bits per heavy atom. The van der Waals surface area contributed by atoms with Crippen LogP contribution in [-0.4, -0.2) is 42.1 Å². The Morgan fingerprint density at radius 2 is 1.67 bits per heavy atom. The van der Waals surface area contributed by atoms with Crippen molar-refractivity contribution < 1.29 is 19.0 Å². The average Bonchev–Trinajstić information content (AvgIpc) is 3.34. The van der Waals surface area contributed by atoms with Gasteiger partial charge in [-0.15, -0.1) is 0 Å². The third kappa shape index (κ3) is 4.89. The summed E-state index contributed by atoms with van der Waals surface area (Å²) in [6.45, 7) is 0.726. The molecule has 2 aliphatic rings. The zero-order chi connectivity index (χ0) is 24.9. The van der Waals surface area contributed by atoms with Crippen LogP contribution in [0.4, 0.5) is 0 Å². The van der Waals surface area contributed by atoms with Gasteiger partial charge in [0.05, 0.1) is 18.4 Å². The number of methoxy groups -OCH3 is 1. The van der Waals surface area contributed by atoms with Gasteiger partial charge in [0.25, 0.3) is 5.91 Å². The summed E-state index contributed by atoms with van der Waals surface area (Å²) < 4.78 is 17.0. The van der Waals surface area contributed by atoms with Gasteiger partial charge >= 0.3 is 0 Å². The molecule has 0 aliphatic carbocycles. The van der Waals surface area contributed by atoms with Gasteiger partial charge in [-0.3, -0.25) is 15.1 Å². The number of nitrogens with one attached hydrogen (secondary N) is 1. The first-order valence-corrected chi connectivity index (χ1v) is 12.2. The van der Waals surface area contributed by atoms with E-state index in [-0.39, 0.29) is 11.4 Å². The summed E-state index contributed by atoms with van der Waals surface area (Å²) in [4.78, 5) is 18.7. The number of fused-ring (bicyclic) bond motifs is 1. The van der Waals surface area contributed by atoms with Gasteiger partial charge in [0.1, 0.15) is 24.8 Å². The molecule has 0 bridgehead atoms. The van der Waals surface area contributed by atoms with E-state index in [9.17, 15) is 4.79 Å². The van der Waals surface area contributed by atoms with E-state index >= 15 is 0 Å². The molecule has 1 N–H and O–H groups in total. The Morgan fingerprint density at radius 1 is 0.944 bits per heavy atom. The van der Waals surface area contributed by atoms with Crippen LogP contribution in [0.2, 0.25) is 0 Å². The van der Waals surface area contributed by atoms with Crippen molar-refractivity contribution >= 4 is 40.4 Å². The molecule has 0 atom stereocenters. The maximum atomic E-state index is 12.8. The Labute approximate surface area is 213 Å². The lowest BCUT2D eigenvalue weighted by Crippen LogP contribution is -2.38. The highest BCUT2D eigenvalue weighted by Crippen LogP contribution is 2.37. The number of ether oxygens (including phenoxy) is 3. The third-order valence-electron chi connectivity index (χ3n) is 5.54. The lowest BCUT2D eigenvalue weighted by atomic mass is 10.1. The van der Waals surface area contributed by atoms with Crippen LogP contribution in [0.3, 0.4) is 0 Å². The second-order valence-electron chi connectivity index (χ2n) is 7.85. The van der Waals surface area contributed by atoms with Crippen LogP contribution in [-0.2, 0) is 4.79 Å². The molecule has 3 aromatic rings. The van der Waals surface area contributed by atoms with Gasteiger partial charge in [0, 0.05) is 5.41 Å². The number of carbonyl (C=O) groups is 1. The van der Waals surface area contributed by atoms with Gasteiger partial charge in [-0.05, 0) is 41.5 Å². The highest BCUT2D eigenvalue weighted by molar-refractivity contribution is 8.17. The Kier molecular flexibility index (Phi) is 6.86. The van der Waals surface area contributed by atoms with Gasteiger partial charge in [0.2, 0.25) is 0 Å². The van der Waals surface area contributed by atoms with E-state index in [0.717, 1.165) is 17.0 Å². The van der Waals surface area contributed by atoms with Crippen molar-refractivity contribution in [3.63, 3.8) is 0 Å². The molecular formula is C28H23N3O4S. The monoisotopic (exact) mass is 497 g/mol. The average molecular weight is 498 g/mol. The molecule has 0 aromatic heterocycles. The van der Waals surface area contributed by atoms with E-state index < -0.39 is 5.91 Å². The lowest BCUT2D eigenvalue weighted by Gasteiger charge is -2.27. The topological polar surface area (TPSA) is 84.2 Å². The molecule has 180 valence electrons. The summed E-state index contributed by atoms with van der Waals surface area (Å²) in [6, 6.07) is 24.7. The van der Waals surface area contributed by atoms with E-state index in [1.807, 2.05) is 72.1 Å². The van der Waals surface area contributed by atoms with Gasteiger partial charge in [0.15, 0.2) is 16.7 Å². The van der Waals surface area contributed by atoms with E-state index in [1.165, 1.54) is 11.8 Å². The molecule has 0 fully saturated rings. The maximum absolute atomic E-state index is 12.8. The van der Waals surface area contributed by atoms with Crippen molar-refractivity contribution in [2.45, 2.75) is 0 Å². The van der Waals surface area contributed by atoms with Crippen LogP contribution in [0, 0.1) is 5.41 Å². The first kappa shape index (κ1) is 23.4. The predicted molar refractivity (Wildman–Crippen MR) is 142 cm³/mol. The molecule has 0 saturated carbocycles. The number of para-hydroxylation sites is 1. The molecule has 7 nitrogen and oxygen atoms in total. The zero-order valence-corrected chi connectivity index (χ0v) is 20.3. The largest absolute Gasteiger partial charge is 0.493 e. The summed E-state index contributed by atoms with van der Waals surface area (Å²) >= 11 is 1.34. The number of hydrogen-bond acceptors (Lipinski definition) is 6. The van der Waals surface area contributed by atoms with Crippen LogP contribution in [0.15, 0.2) is 94.8 Å². The molecule has 1 amide bonds. The predicted octanol–water partition coefficient (Wildman–Crippen LogP) is 5.46. The van der Waals surface area contributed by atoms with E-state index in [1.54, 1.807) is 30.2 Å². The minimum absolute atomic E-state index is 0.0856. The summed E-state index contributed by atoms with van der Waals surface area (Å²) in [7, 11) is 1.56. The van der Waals surface area contributed by atoms with Crippen molar-refractivity contribution in [1.82, 2.24) is 4.90 Å². The molecular weight excluding hydrogens is 474 g/mol. The van der Waals surface area contributed by atoms with Gasteiger partial charge < -0.3 is 14.2 Å². The Bertz CT molecular complexity index is 1380. The first-order valence-electron chi connectivity index (χ1n) is 11.3. The Balaban J connectivity index is 1.32. The van der Waals surface area contributed by atoms with E-state index in [4.69, 9.17) is 19.6 Å². The summed E-state index contributed by atoms with van der Waals surface area (Å²) in [5, 5.41) is 11.2. The molecule has 5 rings (SSSR count). The molecule has 8 heteroatoms. The standard InChI is InChI=1S/C28H23N3O4S/c1-33-25-17-19(12-13-24(25)35-15-14-34-21-10-6-3-7-11-21)16-22-26(29)31-23(20-8-4-2-5-9-20)18-36-28(31)30-27(22)32/h2-13,16-18,29H,14-15H2,1H3/b22-16-,29-26?. The first-order chi connectivity index (χ1) is 17.6. The number of amides is 1. The lowest BCUT2D eigenvalue weighted by molar-refractivity contribution is -0.114. The van der Waals surface area contributed by atoms with Crippen molar-refractivity contribution in [3.8, 4) is 17.2 Å². The normalized spacial score (nSPS) is 15.9. The highest BCUT2D eigenvalue weighted by atomic mass is 32.2. The molecule has 0 unspecified atom stereocenters. The molecule has 0 spiro atoms. The fourth-order valence-corrected chi connectivity index (χ4v) is 4.69. The smallest absolute Gasteiger partial charge is 0.283 e. The minimum atomic E-state index is -0.446. The quantitative estimate of drug-likeness (QED) is 0.329. The Hall–Kier alpha value is -4.30. The fraction of sp³-hybridized carbons (Fsp3) is 0.107. The molecule has 3 aromatic carbocycles. The number of nitrogens with zero attached hydrogens (tertiary/aromatic N) is 2. The van der Waals surface area contributed by atoms with E-state index in [2.05, 4.69) is 4.99 Å². The molecule has 2 heterocycles. The van der Waals surface area contributed by atoms with Crippen LogP contribution in [0.5, 0.6) is 17.2 Å². The third-order valence-corrected chi connectivity index (χ3v) is 6.36. The van der Waals surface area contributed by atoms with E-state index in [0.29, 0.717) is 35.4 Å². The molecule has 2 aliphatic heterocycles.